The minimum atomic E-state index is -0.496. The smallest absolute Gasteiger partial charge is 0.129 e. The van der Waals surface area contributed by atoms with Crippen molar-refractivity contribution in [2.75, 3.05) is 5.32 Å². The van der Waals surface area contributed by atoms with Crippen molar-refractivity contribution in [3.8, 4) is 33.4 Å². The summed E-state index contributed by atoms with van der Waals surface area (Å²) in [7, 11) is 0. The van der Waals surface area contributed by atoms with Gasteiger partial charge in [0.1, 0.15) is 6.17 Å². The third-order valence-corrected chi connectivity index (χ3v) is 12.5. The Morgan fingerprint density at radius 3 is 1.66 bits per heavy atom. The number of hydrogen-bond donors (Lipinski definition) is 2. The molecular weight excluding hydrogens is 753 g/mol. The highest BCUT2D eigenvalue weighted by molar-refractivity contribution is 5.94. The Morgan fingerprint density at radius 1 is 0.435 bits per heavy atom. The Kier molecular flexibility index (Phi) is 9.87. The van der Waals surface area contributed by atoms with Crippen LogP contribution in [0.1, 0.15) is 45.1 Å². The monoisotopic (exact) mass is 798 g/mol. The van der Waals surface area contributed by atoms with Crippen LogP contribution in [-0.4, -0.2) is 10.1 Å². The maximum absolute atomic E-state index is 3.98. The Balaban J connectivity index is 0.961. The molecule has 0 spiro atoms. The molecule has 1 aliphatic heterocycles. The number of rotatable bonds is 12. The first-order valence-corrected chi connectivity index (χ1v) is 21.5. The first-order chi connectivity index (χ1) is 30.7. The van der Waals surface area contributed by atoms with Crippen LogP contribution in [0.25, 0.3) is 33.4 Å². The van der Waals surface area contributed by atoms with Crippen LogP contribution in [0.3, 0.4) is 0 Å². The van der Waals surface area contributed by atoms with Crippen molar-refractivity contribution in [1.29, 1.82) is 0 Å². The summed E-state index contributed by atoms with van der Waals surface area (Å²) in [5.41, 5.74) is 21.4. The van der Waals surface area contributed by atoms with Crippen LogP contribution in [0, 0.1) is 0 Å². The lowest BCUT2D eigenvalue weighted by molar-refractivity contribution is 0.0407. The van der Waals surface area contributed by atoms with Gasteiger partial charge in [0.15, 0.2) is 0 Å². The van der Waals surface area contributed by atoms with Crippen LogP contribution in [-0.2, 0) is 18.5 Å². The molecule has 9 aromatic rings. The Morgan fingerprint density at radius 2 is 0.984 bits per heavy atom. The van der Waals surface area contributed by atoms with E-state index in [1.54, 1.807) is 0 Å². The number of anilines is 2. The SMILES string of the molecule is c1ccc(CN(Cc2cccc(Nc3cc4c(cc3-c3ccccc3)-c3ccccc3C4(c3ccccc3)c3ccccc3)c2)N2NC2c2ccc(-c3ccccc3)cc2)cc1. The van der Waals surface area contributed by atoms with Crippen LogP contribution < -0.4 is 10.7 Å². The molecule has 1 saturated heterocycles. The maximum Gasteiger partial charge on any atom is 0.129 e. The van der Waals surface area contributed by atoms with Gasteiger partial charge in [-0.05, 0) is 91.0 Å². The fourth-order valence-electron chi connectivity index (χ4n) is 9.61. The third-order valence-electron chi connectivity index (χ3n) is 12.5. The highest BCUT2D eigenvalue weighted by Crippen LogP contribution is 2.58. The molecule has 1 aliphatic carbocycles. The maximum atomic E-state index is 3.98. The van der Waals surface area contributed by atoms with E-state index in [1.807, 2.05) is 0 Å². The molecule has 0 radical (unpaired) electrons. The highest BCUT2D eigenvalue weighted by atomic mass is 16.0. The number of hydrogen-bond acceptors (Lipinski definition) is 4. The second-order valence-electron chi connectivity index (χ2n) is 16.3. The van der Waals surface area contributed by atoms with Crippen molar-refractivity contribution in [2.45, 2.75) is 24.7 Å². The second kappa shape index (κ2) is 16.3. The molecule has 9 aromatic carbocycles. The van der Waals surface area contributed by atoms with Crippen molar-refractivity contribution in [3.05, 3.63) is 276 Å². The van der Waals surface area contributed by atoms with Crippen LogP contribution in [0.5, 0.6) is 0 Å². The summed E-state index contributed by atoms with van der Waals surface area (Å²) in [5.74, 6) is 0. The zero-order valence-corrected chi connectivity index (χ0v) is 34.4. The van der Waals surface area contributed by atoms with Gasteiger partial charge in [-0.25, -0.2) is 10.4 Å². The van der Waals surface area contributed by atoms with E-state index in [9.17, 15) is 0 Å². The van der Waals surface area contributed by atoms with Gasteiger partial charge < -0.3 is 5.32 Å². The average Bonchev–Trinajstić information content (AvgIpc) is 4.10. The van der Waals surface area contributed by atoms with Gasteiger partial charge in [0, 0.05) is 30.0 Å². The molecule has 4 heteroatoms. The molecule has 4 nitrogen and oxygen atoms in total. The van der Waals surface area contributed by atoms with Crippen LogP contribution in [0.4, 0.5) is 11.4 Å². The minimum Gasteiger partial charge on any atom is -0.355 e. The Bertz CT molecular complexity index is 2910. The molecule has 1 heterocycles. The van der Waals surface area contributed by atoms with Crippen LogP contribution in [0.15, 0.2) is 237 Å². The van der Waals surface area contributed by atoms with Gasteiger partial charge in [-0.15, -0.1) is 0 Å². The molecule has 62 heavy (non-hydrogen) atoms. The molecule has 0 amide bonds. The molecular formula is C58H46N4. The van der Waals surface area contributed by atoms with Gasteiger partial charge in [-0.1, -0.05) is 212 Å². The van der Waals surface area contributed by atoms with E-state index in [0.717, 1.165) is 24.5 Å². The molecule has 0 bridgehead atoms. The van der Waals surface area contributed by atoms with E-state index < -0.39 is 5.41 Å². The van der Waals surface area contributed by atoms with Crippen molar-refractivity contribution >= 4 is 11.4 Å². The lowest BCUT2D eigenvalue weighted by atomic mass is 9.67. The first kappa shape index (κ1) is 37.6. The van der Waals surface area contributed by atoms with Gasteiger partial charge in [0.05, 0.1) is 5.41 Å². The molecule has 1 fully saturated rings. The standard InChI is InChI=1S/C58H46N4/c1-6-19-42(20-7-1)40-61(62-57(60-62)47-35-33-45(34-36-47)44-22-8-2-9-23-44)41-43-21-18-30-50(37-43)59-56-39-55-53(38-52(56)46-24-10-3-11-25-46)51-31-16-17-32-54(51)58(55,48-26-12-4-13-27-48)49-28-14-5-15-29-49/h1-39,57,59-60H,40-41H2. The third kappa shape index (κ3) is 7.00. The Hall–Kier alpha value is -7.34. The molecule has 2 atom stereocenters. The Labute approximate surface area is 364 Å². The molecule has 298 valence electrons. The van der Waals surface area contributed by atoms with Gasteiger partial charge in [-0.2, -0.15) is 5.12 Å². The van der Waals surface area contributed by atoms with Gasteiger partial charge >= 0.3 is 0 Å². The van der Waals surface area contributed by atoms with Crippen LogP contribution in [0.2, 0.25) is 0 Å². The number of benzene rings is 9. The number of hydrazine groups is 2. The van der Waals surface area contributed by atoms with Crippen molar-refractivity contribution in [3.63, 3.8) is 0 Å². The van der Waals surface area contributed by atoms with Gasteiger partial charge in [-0.3, -0.25) is 0 Å². The summed E-state index contributed by atoms with van der Waals surface area (Å²) in [6.45, 7) is 1.50. The highest BCUT2D eigenvalue weighted by Gasteiger charge is 2.46. The fraction of sp³-hybridized carbons (Fsp3) is 0.0690. The quantitative estimate of drug-likeness (QED) is 0.121. The summed E-state index contributed by atoms with van der Waals surface area (Å²) >= 11 is 0. The summed E-state index contributed by atoms with van der Waals surface area (Å²) in [6, 6.07) is 85.9. The van der Waals surface area contributed by atoms with E-state index in [4.69, 9.17) is 0 Å². The van der Waals surface area contributed by atoms with Crippen molar-refractivity contribution in [2.24, 2.45) is 0 Å². The van der Waals surface area contributed by atoms with Gasteiger partial charge in [0.2, 0.25) is 0 Å². The lowest BCUT2D eigenvalue weighted by Gasteiger charge is -2.34. The zero-order valence-electron chi connectivity index (χ0n) is 34.4. The molecule has 0 saturated carbocycles. The molecule has 0 aromatic heterocycles. The molecule has 2 unspecified atom stereocenters. The fourth-order valence-corrected chi connectivity index (χ4v) is 9.61. The normalized spacial score (nSPS) is 15.8. The molecule has 2 aliphatic rings. The molecule has 2 N–H and O–H groups in total. The largest absolute Gasteiger partial charge is 0.355 e. The van der Waals surface area contributed by atoms with E-state index in [2.05, 4.69) is 257 Å². The predicted octanol–water partition coefficient (Wildman–Crippen LogP) is 13.6. The number of nitrogens with zero attached hydrogens (tertiary/aromatic N) is 2. The number of nitrogens with one attached hydrogen (secondary N) is 2. The summed E-state index contributed by atoms with van der Waals surface area (Å²) in [4.78, 5) is 0. The zero-order chi connectivity index (χ0) is 41.3. The molecule has 11 rings (SSSR count). The predicted molar refractivity (Wildman–Crippen MR) is 254 cm³/mol. The lowest BCUT2D eigenvalue weighted by Crippen LogP contribution is -2.30. The number of fused-ring (bicyclic) bond motifs is 3. The summed E-state index contributed by atoms with van der Waals surface area (Å²) in [6.07, 6.45) is 0.100. The minimum absolute atomic E-state index is 0.100. The summed E-state index contributed by atoms with van der Waals surface area (Å²) < 4.78 is 0. The van der Waals surface area contributed by atoms with Gasteiger partial charge in [0.25, 0.3) is 0 Å². The van der Waals surface area contributed by atoms with E-state index >= 15 is 0 Å². The second-order valence-corrected chi connectivity index (χ2v) is 16.3. The van der Waals surface area contributed by atoms with Crippen molar-refractivity contribution < 1.29 is 0 Å². The van der Waals surface area contributed by atoms with E-state index in [1.165, 1.54) is 72.3 Å². The first-order valence-electron chi connectivity index (χ1n) is 21.5. The average molecular weight is 799 g/mol. The van der Waals surface area contributed by atoms with E-state index in [0.29, 0.717) is 0 Å². The summed E-state index contributed by atoms with van der Waals surface area (Å²) in [5, 5.41) is 8.68. The van der Waals surface area contributed by atoms with Crippen LogP contribution >= 0.6 is 0 Å². The van der Waals surface area contributed by atoms with E-state index in [-0.39, 0.29) is 6.17 Å². The topological polar surface area (TPSA) is 40.2 Å². The van der Waals surface area contributed by atoms with Crippen molar-refractivity contribution in [1.82, 2.24) is 15.6 Å².